The van der Waals surface area contributed by atoms with E-state index < -0.39 is 0 Å². The van der Waals surface area contributed by atoms with Gasteiger partial charge in [-0.15, -0.1) is 12.3 Å². The van der Waals surface area contributed by atoms with Crippen molar-refractivity contribution in [3.8, 4) is 12.3 Å². The van der Waals surface area contributed by atoms with E-state index >= 15 is 0 Å². The zero-order chi connectivity index (χ0) is 9.52. The maximum absolute atomic E-state index is 5.20. The van der Waals surface area contributed by atoms with Gasteiger partial charge in [-0.3, -0.25) is 0 Å². The van der Waals surface area contributed by atoms with Crippen LogP contribution in [0, 0.1) is 18.3 Å². The van der Waals surface area contributed by atoms with Gasteiger partial charge in [-0.25, -0.2) is 0 Å². The molecule has 0 bridgehead atoms. The molecule has 1 heteroatoms. The highest BCUT2D eigenvalue weighted by atomic mass is 14.9. The van der Waals surface area contributed by atoms with Crippen molar-refractivity contribution >= 4 is 0 Å². The Labute approximate surface area is 82.3 Å². The Morgan fingerprint density at radius 3 is 2.69 bits per heavy atom. The maximum atomic E-state index is 5.20. The standard InChI is InChI=1S/C12H21N/c1-3-4-10-13-11(2)12-8-6-5-7-9-12/h1,11-13H,4-10H2,2H3/t11-/m1/s1. The van der Waals surface area contributed by atoms with Crippen LogP contribution in [0.1, 0.15) is 45.4 Å². The molecule has 13 heavy (non-hydrogen) atoms. The Bertz CT molecular complexity index is 162. The largest absolute Gasteiger partial charge is 0.313 e. The van der Waals surface area contributed by atoms with Gasteiger partial charge in [0.2, 0.25) is 0 Å². The van der Waals surface area contributed by atoms with Crippen molar-refractivity contribution in [3.05, 3.63) is 0 Å². The number of hydrogen-bond acceptors (Lipinski definition) is 1. The Balaban J connectivity index is 2.14. The van der Waals surface area contributed by atoms with Gasteiger partial charge in [-0.2, -0.15) is 0 Å². The minimum atomic E-state index is 0.661. The van der Waals surface area contributed by atoms with Crippen LogP contribution in [0.4, 0.5) is 0 Å². The van der Waals surface area contributed by atoms with Crippen molar-refractivity contribution in [2.45, 2.75) is 51.5 Å². The molecule has 1 aliphatic carbocycles. The molecule has 1 nitrogen and oxygen atoms in total. The molecule has 1 rings (SSSR count). The van der Waals surface area contributed by atoms with Gasteiger partial charge in [0.05, 0.1) is 0 Å². The molecule has 0 aromatic carbocycles. The first-order valence-electron chi connectivity index (χ1n) is 5.51. The second kappa shape index (κ2) is 6.05. The SMILES string of the molecule is C#CCCN[C@H](C)C1CCCCC1. The van der Waals surface area contributed by atoms with E-state index in [1.54, 1.807) is 0 Å². The summed E-state index contributed by atoms with van der Waals surface area (Å²) in [5.41, 5.74) is 0. The minimum absolute atomic E-state index is 0.661. The first-order chi connectivity index (χ1) is 6.34. The fraction of sp³-hybridized carbons (Fsp3) is 0.833. The lowest BCUT2D eigenvalue weighted by atomic mass is 9.84. The Morgan fingerprint density at radius 2 is 2.08 bits per heavy atom. The van der Waals surface area contributed by atoms with Gasteiger partial charge in [0, 0.05) is 19.0 Å². The van der Waals surface area contributed by atoms with Crippen LogP contribution in [0.2, 0.25) is 0 Å². The van der Waals surface area contributed by atoms with Gasteiger partial charge in [0.25, 0.3) is 0 Å². The van der Waals surface area contributed by atoms with Crippen LogP contribution in [-0.2, 0) is 0 Å². The lowest BCUT2D eigenvalue weighted by Crippen LogP contribution is -2.35. The third-order valence-electron chi connectivity index (χ3n) is 3.09. The average molecular weight is 179 g/mol. The number of terminal acetylenes is 1. The van der Waals surface area contributed by atoms with E-state index in [2.05, 4.69) is 18.2 Å². The highest BCUT2D eigenvalue weighted by molar-refractivity contribution is 4.85. The van der Waals surface area contributed by atoms with Crippen molar-refractivity contribution < 1.29 is 0 Å². The third-order valence-corrected chi connectivity index (χ3v) is 3.09. The van der Waals surface area contributed by atoms with E-state index in [1.807, 2.05) is 0 Å². The summed E-state index contributed by atoms with van der Waals surface area (Å²) in [5.74, 6) is 3.56. The second-order valence-corrected chi connectivity index (χ2v) is 4.10. The second-order valence-electron chi connectivity index (χ2n) is 4.10. The highest BCUT2D eigenvalue weighted by Crippen LogP contribution is 2.26. The Morgan fingerprint density at radius 1 is 1.38 bits per heavy atom. The zero-order valence-corrected chi connectivity index (χ0v) is 8.68. The molecule has 0 unspecified atom stereocenters. The van der Waals surface area contributed by atoms with E-state index in [0.717, 1.165) is 18.9 Å². The van der Waals surface area contributed by atoms with Crippen molar-refractivity contribution in [2.75, 3.05) is 6.54 Å². The van der Waals surface area contributed by atoms with Gasteiger partial charge >= 0.3 is 0 Å². The Hall–Kier alpha value is -0.480. The molecule has 0 heterocycles. The molecule has 0 radical (unpaired) electrons. The lowest BCUT2D eigenvalue weighted by molar-refractivity contribution is 0.283. The van der Waals surface area contributed by atoms with Crippen LogP contribution in [0.3, 0.4) is 0 Å². The summed E-state index contributed by atoms with van der Waals surface area (Å²) in [7, 11) is 0. The summed E-state index contributed by atoms with van der Waals surface area (Å²) in [6.07, 6.45) is 13.2. The summed E-state index contributed by atoms with van der Waals surface area (Å²) in [5, 5.41) is 3.51. The molecule has 1 atom stereocenters. The average Bonchev–Trinajstić information content (AvgIpc) is 2.19. The van der Waals surface area contributed by atoms with E-state index in [1.165, 1.54) is 32.1 Å². The predicted octanol–water partition coefficient (Wildman–Crippen LogP) is 2.57. The van der Waals surface area contributed by atoms with E-state index in [0.29, 0.717) is 6.04 Å². The topological polar surface area (TPSA) is 12.0 Å². The normalized spacial score (nSPS) is 20.9. The van der Waals surface area contributed by atoms with Crippen LogP contribution in [0.5, 0.6) is 0 Å². The molecule has 0 aliphatic heterocycles. The fourth-order valence-corrected chi connectivity index (χ4v) is 2.17. The van der Waals surface area contributed by atoms with Crippen molar-refractivity contribution in [2.24, 2.45) is 5.92 Å². The van der Waals surface area contributed by atoms with Gasteiger partial charge < -0.3 is 5.32 Å². The summed E-state index contributed by atoms with van der Waals surface area (Å²) in [6, 6.07) is 0.661. The van der Waals surface area contributed by atoms with E-state index in [9.17, 15) is 0 Å². The zero-order valence-electron chi connectivity index (χ0n) is 8.68. The first-order valence-corrected chi connectivity index (χ1v) is 5.51. The molecule has 74 valence electrons. The molecular formula is C12H21N. The monoisotopic (exact) mass is 179 g/mol. The highest BCUT2D eigenvalue weighted by Gasteiger charge is 2.18. The van der Waals surface area contributed by atoms with Crippen LogP contribution < -0.4 is 5.32 Å². The molecular weight excluding hydrogens is 158 g/mol. The fourth-order valence-electron chi connectivity index (χ4n) is 2.17. The molecule has 0 spiro atoms. The maximum Gasteiger partial charge on any atom is 0.0211 e. The molecule has 0 amide bonds. The smallest absolute Gasteiger partial charge is 0.0211 e. The molecule has 0 saturated heterocycles. The van der Waals surface area contributed by atoms with Crippen molar-refractivity contribution in [3.63, 3.8) is 0 Å². The number of hydrogen-bond donors (Lipinski definition) is 1. The molecule has 0 aromatic heterocycles. The third kappa shape index (κ3) is 3.83. The van der Waals surface area contributed by atoms with Gasteiger partial charge in [-0.1, -0.05) is 19.3 Å². The number of nitrogens with one attached hydrogen (secondary N) is 1. The molecule has 1 fully saturated rings. The summed E-state index contributed by atoms with van der Waals surface area (Å²) >= 11 is 0. The number of rotatable bonds is 4. The first kappa shape index (κ1) is 10.6. The minimum Gasteiger partial charge on any atom is -0.313 e. The van der Waals surface area contributed by atoms with E-state index in [-0.39, 0.29) is 0 Å². The molecule has 0 aromatic rings. The predicted molar refractivity (Wildman–Crippen MR) is 57.5 cm³/mol. The van der Waals surface area contributed by atoms with Crippen LogP contribution in [-0.4, -0.2) is 12.6 Å². The Kier molecular flexibility index (Phi) is 4.93. The summed E-state index contributed by atoms with van der Waals surface area (Å²) < 4.78 is 0. The van der Waals surface area contributed by atoms with E-state index in [4.69, 9.17) is 6.42 Å². The van der Waals surface area contributed by atoms with Gasteiger partial charge in [0.1, 0.15) is 0 Å². The van der Waals surface area contributed by atoms with Crippen LogP contribution >= 0.6 is 0 Å². The van der Waals surface area contributed by atoms with Crippen molar-refractivity contribution in [1.29, 1.82) is 0 Å². The molecule has 1 aliphatic rings. The summed E-state index contributed by atoms with van der Waals surface area (Å²) in [4.78, 5) is 0. The molecule has 1 N–H and O–H groups in total. The quantitative estimate of drug-likeness (QED) is 0.516. The van der Waals surface area contributed by atoms with Crippen LogP contribution in [0.15, 0.2) is 0 Å². The lowest BCUT2D eigenvalue weighted by Gasteiger charge is -2.28. The summed E-state index contributed by atoms with van der Waals surface area (Å²) in [6.45, 7) is 3.28. The van der Waals surface area contributed by atoms with Gasteiger partial charge in [-0.05, 0) is 25.7 Å². The molecule has 1 saturated carbocycles. The van der Waals surface area contributed by atoms with Gasteiger partial charge in [0.15, 0.2) is 0 Å². The van der Waals surface area contributed by atoms with Crippen molar-refractivity contribution in [1.82, 2.24) is 5.32 Å². The van der Waals surface area contributed by atoms with Crippen LogP contribution in [0.25, 0.3) is 0 Å².